The van der Waals surface area contributed by atoms with Gasteiger partial charge in [0.25, 0.3) is 0 Å². The molecule has 0 unspecified atom stereocenters. The van der Waals surface area contributed by atoms with E-state index in [1.807, 2.05) is 6.92 Å². The molecule has 0 saturated carbocycles. The van der Waals surface area contributed by atoms with E-state index >= 15 is 0 Å². The van der Waals surface area contributed by atoms with Gasteiger partial charge in [-0.2, -0.15) is 10.2 Å². The minimum absolute atomic E-state index is 0.0746. The summed E-state index contributed by atoms with van der Waals surface area (Å²) in [5.74, 6) is -0.149. The Morgan fingerprint density at radius 2 is 2.04 bits per heavy atom. The van der Waals surface area contributed by atoms with E-state index in [0.717, 1.165) is 22.4 Å². The number of nitrogens with one attached hydrogen (secondary N) is 1. The van der Waals surface area contributed by atoms with Crippen LogP contribution in [0, 0.1) is 12.7 Å². The van der Waals surface area contributed by atoms with E-state index in [1.54, 1.807) is 24.5 Å². The monoisotopic (exact) mass is 344 g/mol. The van der Waals surface area contributed by atoms with Gasteiger partial charge in [0.05, 0.1) is 23.1 Å². The van der Waals surface area contributed by atoms with Crippen LogP contribution in [0.15, 0.2) is 41.7 Å². The molecule has 0 atom stereocenters. The quantitative estimate of drug-likeness (QED) is 0.926. The minimum Gasteiger partial charge on any atom is -0.311 e. The third-order valence-electron chi connectivity index (χ3n) is 3.61. The van der Waals surface area contributed by atoms with Crippen LogP contribution >= 0.6 is 11.6 Å². The fourth-order valence-electron chi connectivity index (χ4n) is 2.27. The molecule has 7 heteroatoms. The van der Waals surface area contributed by atoms with Gasteiger partial charge in [-0.25, -0.2) is 9.38 Å². The molecule has 0 aliphatic carbocycles. The first-order valence-corrected chi connectivity index (χ1v) is 7.72. The predicted molar refractivity (Wildman–Crippen MR) is 90.1 cm³/mol. The summed E-state index contributed by atoms with van der Waals surface area (Å²) in [5, 5.41) is 10.4. The first-order chi connectivity index (χ1) is 11.5. The van der Waals surface area contributed by atoms with Crippen molar-refractivity contribution in [1.29, 1.82) is 0 Å². The molecule has 122 valence electrons. The van der Waals surface area contributed by atoms with E-state index in [-0.39, 0.29) is 17.4 Å². The largest absolute Gasteiger partial charge is 0.311 e. The van der Waals surface area contributed by atoms with Crippen molar-refractivity contribution < 1.29 is 9.18 Å². The summed E-state index contributed by atoms with van der Waals surface area (Å²) >= 11 is 5.63. The van der Waals surface area contributed by atoms with E-state index in [0.29, 0.717) is 12.3 Å². The first kappa shape index (κ1) is 16.3. The van der Waals surface area contributed by atoms with Crippen LogP contribution in [0.3, 0.4) is 0 Å². The summed E-state index contributed by atoms with van der Waals surface area (Å²) in [6.45, 7) is 1.92. The molecule has 0 saturated heterocycles. The first-order valence-electron chi connectivity index (χ1n) is 7.35. The van der Waals surface area contributed by atoms with Crippen LogP contribution in [0.5, 0.6) is 0 Å². The van der Waals surface area contributed by atoms with Gasteiger partial charge in [0, 0.05) is 18.1 Å². The highest BCUT2D eigenvalue weighted by atomic mass is 35.5. The molecule has 1 aliphatic heterocycles. The smallest absolute Gasteiger partial charge is 0.225 e. The maximum Gasteiger partial charge on any atom is 0.225 e. The summed E-state index contributed by atoms with van der Waals surface area (Å²) in [6, 6.07) is 4.53. The van der Waals surface area contributed by atoms with Crippen molar-refractivity contribution in [3.63, 3.8) is 0 Å². The lowest BCUT2D eigenvalue weighted by Gasteiger charge is -2.16. The lowest BCUT2D eigenvalue weighted by atomic mass is 10.1. The van der Waals surface area contributed by atoms with Crippen LogP contribution in [-0.4, -0.2) is 21.9 Å². The van der Waals surface area contributed by atoms with Crippen LogP contribution in [0.1, 0.15) is 23.1 Å². The van der Waals surface area contributed by atoms with E-state index in [1.165, 1.54) is 12.1 Å². The number of aliphatic imine (C=N–C) groups is 1. The highest BCUT2D eigenvalue weighted by Crippen LogP contribution is 2.23. The molecule has 24 heavy (non-hydrogen) atoms. The van der Waals surface area contributed by atoms with Gasteiger partial charge >= 0.3 is 0 Å². The second-order valence-electron chi connectivity index (χ2n) is 5.41. The third kappa shape index (κ3) is 3.65. The number of hydrogen-bond acceptors (Lipinski definition) is 4. The van der Waals surface area contributed by atoms with Gasteiger partial charge in [-0.1, -0.05) is 17.7 Å². The van der Waals surface area contributed by atoms with Gasteiger partial charge in [0.2, 0.25) is 5.91 Å². The fraction of sp³-hybridized carbons (Fsp3) is 0.176. The van der Waals surface area contributed by atoms with Crippen molar-refractivity contribution in [1.82, 2.24) is 15.5 Å². The predicted octanol–water partition coefficient (Wildman–Crippen LogP) is 3.08. The van der Waals surface area contributed by atoms with Crippen molar-refractivity contribution >= 4 is 29.0 Å². The number of carbonyl (C=O) groups is 1. The maximum atomic E-state index is 13.3. The van der Waals surface area contributed by atoms with Gasteiger partial charge in [-0.15, -0.1) is 0 Å². The number of amides is 1. The highest BCUT2D eigenvalue weighted by molar-refractivity contribution is 6.30. The van der Waals surface area contributed by atoms with Crippen molar-refractivity contribution in [2.75, 3.05) is 0 Å². The summed E-state index contributed by atoms with van der Waals surface area (Å²) in [7, 11) is 0. The van der Waals surface area contributed by atoms with Crippen LogP contribution in [0.4, 0.5) is 4.39 Å². The van der Waals surface area contributed by atoms with E-state index in [2.05, 4.69) is 20.5 Å². The normalized spacial score (nSPS) is 13.0. The Morgan fingerprint density at radius 3 is 2.75 bits per heavy atom. The minimum atomic E-state index is -0.480. The van der Waals surface area contributed by atoms with Crippen molar-refractivity contribution in [3.05, 3.63) is 64.2 Å². The zero-order valence-corrected chi connectivity index (χ0v) is 13.6. The number of halogens is 2. The molecular weight excluding hydrogens is 331 g/mol. The lowest BCUT2D eigenvalue weighted by molar-refractivity contribution is -0.119. The number of nitrogens with zero attached hydrogens (tertiary/aromatic N) is 3. The number of amidine groups is 1. The number of carbonyl (C=O) groups excluding carboxylic acids is 1. The molecule has 1 amide bonds. The fourth-order valence-corrected chi connectivity index (χ4v) is 2.39. The Labute approximate surface area is 143 Å². The number of rotatable bonds is 4. The van der Waals surface area contributed by atoms with Crippen LogP contribution in [0.25, 0.3) is 5.70 Å². The highest BCUT2D eigenvalue weighted by Gasteiger charge is 2.16. The zero-order valence-electron chi connectivity index (χ0n) is 12.9. The molecule has 0 spiro atoms. The van der Waals surface area contributed by atoms with Crippen LogP contribution in [-0.2, 0) is 11.2 Å². The molecule has 1 aromatic carbocycles. The van der Waals surface area contributed by atoms with Crippen molar-refractivity contribution in [2.24, 2.45) is 4.99 Å². The molecule has 1 aromatic heterocycles. The second kappa shape index (κ2) is 6.88. The second-order valence-corrected chi connectivity index (χ2v) is 5.82. The molecule has 0 bridgehead atoms. The summed E-state index contributed by atoms with van der Waals surface area (Å²) in [5.41, 5.74) is 3.34. The topological polar surface area (TPSA) is 67.2 Å². The van der Waals surface area contributed by atoms with Crippen LogP contribution in [0.2, 0.25) is 5.02 Å². The van der Waals surface area contributed by atoms with Gasteiger partial charge in [-0.05, 0) is 36.6 Å². The van der Waals surface area contributed by atoms with Gasteiger partial charge in [0.15, 0.2) is 0 Å². The Morgan fingerprint density at radius 1 is 1.29 bits per heavy atom. The number of benzene rings is 1. The number of hydrogen-bond donors (Lipinski definition) is 1. The summed E-state index contributed by atoms with van der Waals surface area (Å²) in [4.78, 5) is 16.2. The average molecular weight is 345 g/mol. The summed E-state index contributed by atoms with van der Waals surface area (Å²) < 4.78 is 13.3. The van der Waals surface area contributed by atoms with Crippen LogP contribution < -0.4 is 5.32 Å². The van der Waals surface area contributed by atoms with E-state index < -0.39 is 5.82 Å². The molecular formula is C17H14ClFN4O. The number of aryl methyl sites for hydroxylation is 2. The van der Waals surface area contributed by atoms with Gasteiger partial charge < -0.3 is 5.32 Å². The molecule has 0 fully saturated rings. The Bertz CT molecular complexity index is 863. The molecule has 0 radical (unpaired) electrons. The molecule has 2 aromatic rings. The molecule has 3 rings (SSSR count). The lowest BCUT2D eigenvalue weighted by Crippen LogP contribution is -2.32. The third-order valence-corrected chi connectivity index (χ3v) is 3.92. The van der Waals surface area contributed by atoms with E-state index in [4.69, 9.17) is 11.6 Å². The average Bonchev–Trinajstić information content (AvgIpc) is 2.53. The van der Waals surface area contributed by atoms with Gasteiger partial charge in [-0.3, -0.25) is 4.79 Å². The zero-order chi connectivity index (χ0) is 17.1. The Hall–Kier alpha value is -2.60. The molecule has 2 heterocycles. The number of aromatic nitrogens is 2. The van der Waals surface area contributed by atoms with Crippen molar-refractivity contribution in [2.45, 2.75) is 19.8 Å². The SMILES string of the molecule is Cc1cnncc1C1=CC(NC(=O)CCc2ccc(Cl)c(F)c2)=N1. The standard InChI is InChI=1S/C17H14ClFN4O/c1-10-8-20-21-9-12(10)15-7-16(22-15)23-17(24)5-3-11-2-4-13(18)14(19)6-11/h2,4,6-9H,3,5H2,1H3,(H,22,23,24). The van der Waals surface area contributed by atoms with Gasteiger partial charge in [0.1, 0.15) is 11.7 Å². The Balaban J connectivity index is 1.51. The maximum absolute atomic E-state index is 13.3. The molecule has 1 aliphatic rings. The molecule has 1 N–H and O–H groups in total. The van der Waals surface area contributed by atoms with E-state index in [9.17, 15) is 9.18 Å². The summed E-state index contributed by atoms with van der Waals surface area (Å²) in [6.07, 6.45) is 5.74. The molecule has 5 nitrogen and oxygen atoms in total. The Kier molecular flexibility index (Phi) is 4.66. The van der Waals surface area contributed by atoms with Crippen molar-refractivity contribution in [3.8, 4) is 0 Å².